The first-order chi connectivity index (χ1) is 21.4. The zero-order chi connectivity index (χ0) is 32.5. The lowest BCUT2D eigenvalue weighted by atomic mass is 10.0. The second-order valence-electron chi connectivity index (χ2n) is 13.3. The van der Waals surface area contributed by atoms with E-state index in [-0.39, 0.29) is 30.6 Å². The fourth-order valence-corrected chi connectivity index (χ4v) is 5.80. The maximum absolute atomic E-state index is 12.2. The van der Waals surface area contributed by atoms with Crippen molar-refractivity contribution in [2.75, 3.05) is 32.8 Å². The lowest BCUT2D eigenvalue weighted by Gasteiger charge is -2.21. The molecule has 0 aromatic rings. The molecule has 262 valence electrons. The van der Waals surface area contributed by atoms with E-state index in [1.165, 1.54) is 83.5 Å². The number of unbranched alkanes of at least 4 members (excludes halogenated alkanes) is 18. The van der Waals surface area contributed by atoms with Gasteiger partial charge < -0.3 is 19.5 Å². The highest BCUT2D eigenvalue weighted by Gasteiger charge is 2.14. The summed E-state index contributed by atoms with van der Waals surface area (Å²) >= 11 is 0. The molecule has 0 aliphatic heterocycles. The van der Waals surface area contributed by atoms with E-state index in [2.05, 4.69) is 18.7 Å². The van der Waals surface area contributed by atoms with Crippen LogP contribution < -0.4 is 0 Å². The van der Waals surface area contributed by atoms with Crippen LogP contribution in [0.1, 0.15) is 188 Å². The van der Waals surface area contributed by atoms with Crippen molar-refractivity contribution in [2.45, 2.75) is 194 Å². The molecule has 0 aliphatic rings. The molecule has 0 heterocycles. The Balaban J connectivity index is 3.70. The summed E-state index contributed by atoms with van der Waals surface area (Å²) in [7, 11) is 0. The van der Waals surface area contributed by atoms with Gasteiger partial charge in [0.1, 0.15) is 0 Å². The second kappa shape index (κ2) is 33.2. The number of esters is 2. The van der Waals surface area contributed by atoms with Crippen molar-refractivity contribution >= 4 is 11.9 Å². The monoisotopic (exact) mass is 626 g/mol. The quantitative estimate of drug-likeness (QED) is 0.0566. The molecule has 0 aliphatic carbocycles. The molecular formula is C38H75NO5. The third-order valence-electron chi connectivity index (χ3n) is 8.82. The Bertz CT molecular complexity index is 628. The molecule has 0 rings (SSSR count). The summed E-state index contributed by atoms with van der Waals surface area (Å²) in [6.45, 7) is 12.1. The van der Waals surface area contributed by atoms with Gasteiger partial charge in [-0.05, 0) is 65.0 Å². The highest BCUT2D eigenvalue weighted by Crippen LogP contribution is 2.15. The van der Waals surface area contributed by atoms with Gasteiger partial charge in [0.05, 0.1) is 25.2 Å². The van der Waals surface area contributed by atoms with E-state index in [0.717, 1.165) is 90.3 Å². The van der Waals surface area contributed by atoms with Crippen LogP contribution in [0.3, 0.4) is 0 Å². The van der Waals surface area contributed by atoms with Gasteiger partial charge >= 0.3 is 11.9 Å². The second-order valence-corrected chi connectivity index (χ2v) is 13.3. The number of hydrogen-bond acceptors (Lipinski definition) is 6. The summed E-state index contributed by atoms with van der Waals surface area (Å²) in [5, 5.41) is 9.47. The van der Waals surface area contributed by atoms with Gasteiger partial charge in [0.25, 0.3) is 0 Å². The van der Waals surface area contributed by atoms with Gasteiger partial charge in [-0.1, -0.05) is 130 Å². The van der Waals surface area contributed by atoms with Crippen molar-refractivity contribution in [1.29, 1.82) is 0 Å². The summed E-state index contributed by atoms with van der Waals surface area (Å²) in [5.74, 6) is -0.0283. The molecule has 6 nitrogen and oxygen atoms in total. The van der Waals surface area contributed by atoms with Crippen molar-refractivity contribution in [1.82, 2.24) is 4.90 Å². The smallest absolute Gasteiger partial charge is 0.308 e. The molecular weight excluding hydrogens is 550 g/mol. The Morgan fingerprint density at radius 3 is 1.64 bits per heavy atom. The van der Waals surface area contributed by atoms with Gasteiger partial charge in [0.15, 0.2) is 0 Å². The minimum atomic E-state index is -0.0298. The summed E-state index contributed by atoms with van der Waals surface area (Å²) in [4.78, 5) is 26.7. The van der Waals surface area contributed by atoms with Crippen LogP contribution in [-0.4, -0.2) is 60.9 Å². The van der Waals surface area contributed by atoms with Crippen LogP contribution in [0.2, 0.25) is 0 Å². The number of carbonyl (C=O) groups is 2. The molecule has 0 spiro atoms. The highest BCUT2D eigenvalue weighted by molar-refractivity contribution is 5.71. The summed E-state index contributed by atoms with van der Waals surface area (Å²) in [5.41, 5.74) is 0. The van der Waals surface area contributed by atoms with Crippen LogP contribution >= 0.6 is 0 Å². The van der Waals surface area contributed by atoms with Crippen LogP contribution in [0.15, 0.2) is 0 Å². The van der Waals surface area contributed by atoms with Crippen molar-refractivity contribution in [2.24, 2.45) is 5.92 Å². The van der Waals surface area contributed by atoms with Crippen LogP contribution in [-0.2, 0) is 19.1 Å². The van der Waals surface area contributed by atoms with Crippen molar-refractivity contribution in [3.05, 3.63) is 0 Å². The molecule has 0 aromatic heterocycles. The molecule has 0 fully saturated rings. The maximum atomic E-state index is 12.2. The number of ether oxygens (including phenoxy) is 2. The molecule has 0 radical (unpaired) electrons. The van der Waals surface area contributed by atoms with Crippen molar-refractivity contribution < 1.29 is 24.2 Å². The molecule has 2 unspecified atom stereocenters. The highest BCUT2D eigenvalue weighted by atomic mass is 16.5. The number of carbonyl (C=O) groups excluding carboxylic acids is 2. The first kappa shape index (κ1) is 42.9. The van der Waals surface area contributed by atoms with Crippen LogP contribution in [0, 0.1) is 5.92 Å². The Hall–Kier alpha value is -1.14. The summed E-state index contributed by atoms with van der Waals surface area (Å²) in [6, 6.07) is 0. The first-order valence-corrected chi connectivity index (χ1v) is 19.1. The van der Waals surface area contributed by atoms with E-state index < -0.39 is 0 Å². The molecule has 0 bridgehead atoms. The Labute approximate surface area is 273 Å². The zero-order valence-corrected chi connectivity index (χ0v) is 29.9. The molecule has 6 heteroatoms. The molecule has 0 saturated carbocycles. The van der Waals surface area contributed by atoms with Gasteiger partial charge in [-0.15, -0.1) is 0 Å². The largest absolute Gasteiger partial charge is 0.465 e. The van der Waals surface area contributed by atoms with Gasteiger partial charge in [-0.2, -0.15) is 0 Å². The molecule has 44 heavy (non-hydrogen) atoms. The number of hydrogen-bond donors (Lipinski definition) is 1. The maximum Gasteiger partial charge on any atom is 0.308 e. The molecule has 0 saturated heterocycles. The van der Waals surface area contributed by atoms with E-state index in [9.17, 15) is 14.7 Å². The van der Waals surface area contributed by atoms with E-state index in [1.54, 1.807) is 0 Å². The lowest BCUT2D eigenvalue weighted by Crippen LogP contribution is -2.29. The summed E-state index contributed by atoms with van der Waals surface area (Å²) < 4.78 is 11.1. The van der Waals surface area contributed by atoms with E-state index in [0.29, 0.717) is 13.0 Å². The lowest BCUT2D eigenvalue weighted by molar-refractivity contribution is -0.149. The SMILES string of the molecule is CCCCCCCCCC(=O)OC(C)CCCCCCN(CCO)CCCCCCCOC(=O)C(C)CCCCCCCC. The predicted octanol–water partition coefficient (Wildman–Crippen LogP) is 10.2. The molecule has 0 aromatic carbocycles. The Morgan fingerprint density at radius 2 is 1.07 bits per heavy atom. The van der Waals surface area contributed by atoms with Crippen molar-refractivity contribution in [3.8, 4) is 0 Å². The van der Waals surface area contributed by atoms with Crippen LogP contribution in [0.25, 0.3) is 0 Å². The Kier molecular flexibility index (Phi) is 32.4. The van der Waals surface area contributed by atoms with E-state index in [1.807, 2.05) is 13.8 Å². The van der Waals surface area contributed by atoms with E-state index >= 15 is 0 Å². The van der Waals surface area contributed by atoms with Gasteiger partial charge in [0, 0.05) is 13.0 Å². The fraction of sp³-hybridized carbons (Fsp3) is 0.947. The minimum Gasteiger partial charge on any atom is -0.465 e. The van der Waals surface area contributed by atoms with Gasteiger partial charge in [-0.3, -0.25) is 9.59 Å². The van der Waals surface area contributed by atoms with Gasteiger partial charge in [-0.25, -0.2) is 0 Å². The topological polar surface area (TPSA) is 76.1 Å². The predicted molar refractivity (Wildman–Crippen MR) is 186 cm³/mol. The molecule has 1 N–H and O–H groups in total. The number of aliphatic hydroxyl groups excluding tert-OH is 1. The molecule has 2 atom stereocenters. The number of aliphatic hydroxyl groups is 1. The third kappa shape index (κ3) is 29.6. The van der Waals surface area contributed by atoms with Crippen molar-refractivity contribution in [3.63, 3.8) is 0 Å². The number of rotatable bonds is 34. The summed E-state index contributed by atoms with van der Waals surface area (Å²) in [6.07, 6.45) is 28.7. The van der Waals surface area contributed by atoms with Crippen LogP contribution in [0.4, 0.5) is 0 Å². The van der Waals surface area contributed by atoms with Gasteiger partial charge in [0.2, 0.25) is 0 Å². The average molecular weight is 626 g/mol. The normalized spacial score (nSPS) is 12.9. The standard InChI is InChI=1S/C38H75NO5/c1-5-7-9-11-13-16-23-29-37(41)44-36(4)28-22-17-19-25-31-39(32-33-40)30-24-18-14-20-26-34-43-38(42)35(3)27-21-15-12-10-8-6-2/h35-36,40H,5-34H2,1-4H3. The molecule has 0 amide bonds. The minimum absolute atomic E-state index is 0.0171. The third-order valence-corrected chi connectivity index (χ3v) is 8.82. The first-order valence-electron chi connectivity index (χ1n) is 19.1. The van der Waals surface area contributed by atoms with Crippen LogP contribution in [0.5, 0.6) is 0 Å². The Morgan fingerprint density at radius 1 is 0.591 bits per heavy atom. The van der Waals surface area contributed by atoms with E-state index in [4.69, 9.17) is 9.47 Å². The number of nitrogens with zero attached hydrogens (tertiary/aromatic N) is 1. The fourth-order valence-electron chi connectivity index (χ4n) is 5.80. The zero-order valence-electron chi connectivity index (χ0n) is 29.9. The average Bonchev–Trinajstić information content (AvgIpc) is 3.00.